The summed E-state index contributed by atoms with van der Waals surface area (Å²) in [5, 5.41) is 9.72. The van der Waals surface area contributed by atoms with Crippen molar-refractivity contribution in [2.45, 2.75) is 50.8 Å². The van der Waals surface area contributed by atoms with Crippen molar-refractivity contribution in [1.82, 2.24) is 14.8 Å². The molecule has 0 radical (unpaired) electrons. The standard InChI is InChI=1S/C21H24BrN3OS/c1-4-16-8-12-19(13-9-16)26-15(3)20-23-24-21(25(20)5-2)27-14-17-6-10-18(22)11-7-17/h6-13,15H,4-5,14H2,1-3H3/t15-/m1/s1. The molecule has 1 atom stereocenters. The van der Waals surface area contributed by atoms with Gasteiger partial charge in [0.1, 0.15) is 5.75 Å². The van der Waals surface area contributed by atoms with Crippen LogP contribution >= 0.6 is 27.7 Å². The van der Waals surface area contributed by atoms with E-state index in [4.69, 9.17) is 4.74 Å². The zero-order valence-corrected chi connectivity index (χ0v) is 18.3. The van der Waals surface area contributed by atoms with Crippen molar-refractivity contribution in [2.75, 3.05) is 0 Å². The number of aromatic nitrogens is 3. The molecular weight excluding hydrogens is 422 g/mol. The van der Waals surface area contributed by atoms with Crippen LogP contribution in [0, 0.1) is 0 Å². The summed E-state index contributed by atoms with van der Waals surface area (Å²) in [5.74, 6) is 2.57. The summed E-state index contributed by atoms with van der Waals surface area (Å²) < 4.78 is 9.32. The number of hydrogen-bond donors (Lipinski definition) is 0. The maximum Gasteiger partial charge on any atom is 0.191 e. The Morgan fingerprint density at radius 3 is 2.30 bits per heavy atom. The third-order valence-corrected chi connectivity index (χ3v) is 5.92. The van der Waals surface area contributed by atoms with Crippen molar-refractivity contribution in [3.63, 3.8) is 0 Å². The SMILES string of the molecule is CCc1ccc(O[C@H](C)c2nnc(SCc3ccc(Br)cc3)n2CC)cc1. The van der Waals surface area contributed by atoms with Crippen molar-refractivity contribution < 1.29 is 4.74 Å². The molecule has 0 amide bonds. The molecule has 0 N–H and O–H groups in total. The maximum atomic E-state index is 6.09. The average molecular weight is 446 g/mol. The maximum absolute atomic E-state index is 6.09. The molecule has 27 heavy (non-hydrogen) atoms. The quantitative estimate of drug-likeness (QED) is 0.395. The number of rotatable bonds is 8. The first-order chi connectivity index (χ1) is 13.1. The van der Waals surface area contributed by atoms with Crippen LogP contribution in [0.2, 0.25) is 0 Å². The van der Waals surface area contributed by atoms with E-state index in [0.717, 1.165) is 39.9 Å². The third-order valence-electron chi connectivity index (χ3n) is 4.35. The fraction of sp³-hybridized carbons (Fsp3) is 0.333. The van der Waals surface area contributed by atoms with E-state index >= 15 is 0 Å². The molecule has 3 aromatic rings. The summed E-state index contributed by atoms with van der Waals surface area (Å²) in [4.78, 5) is 0. The minimum Gasteiger partial charge on any atom is -0.483 e. The Labute approximate surface area is 173 Å². The molecule has 0 bridgehead atoms. The van der Waals surface area contributed by atoms with Crippen molar-refractivity contribution in [3.05, 3.63) is 70.0 Å². The van der Waals surface area contributed by atoms with Gasteiger partial charge in [0.2, 0.25) is 0 Å². The van der Waals surface area contributed by atoms with E-state index in [1.54, 1.807) is 11.8 Å². The van der Waals surface area contributed by atoms with Gasteiger partial charge in [0.05, 0.1) is 0 Å². The van der Waals surface area contributed by atoms with Crippen LogP contribution in [-0.2, 0) is 18.7 Å². The zero-order valence-electron chi connectivity index (χ0n) is 15.9. The minimum atomic E-state index is -0.160. The summed E-state index contributed by atoms with van der Waals surface area (Å²) in [6, 6.07) is 16.6. The molecule has 1 aromatic heterocycles. The largest absolute Gasteiger partial charge is 0.483 e. The molecule has 142 valence electrons. The van der Waals surface area contributed by atoms with Gasteiger partial charge in [0, 0.05) is 16.8 Å². The van der Waals surface area contributed by atoms with Crippen LogP contribution in [0.4, 0.5) is 0 Å². The Hall–Kier alpha value is -1.79. The number of nitrogens with zero attached hydrogens (tertiary/aromatic N) is 3. The van der Waals surface area contributed by atoms with Gasteiger partial charge in [-0.25, -0.2) is 0 Å². The number of thioether (sulfide) groups is 1. The lowest BCUT2D eigenvalue weighted by Crippen LogP contribution is -2.12. The Bertz CT molecular complexity index is 862. The molecule has 4 nitrogen and oxygen atoms in total. The van der Waals surface area contributed by atoms with Gasteiger partial charge in [-0.1, -0.05) is 58.9 Å². The zero-order chi connectivity index (χ0) is 19.2. The molecule has 0 unspecified atom stereocenters. The first-order valence-corrected chi connectivity index (χ1v) is 10.9. The van der Waals surface area contributed by atoms with Crippen LogP contribution in [0.25, 0.3) is 0 Å². The topological polar surface area (TPSA) is 39.9 Å². The Morgan fingerprint density at radius 1 is 1.00 bits per heavy atom. The highest BCUT2D eigenvalue weighted by atomic mass is 79.9. The lowest BCUT2D eigenvalue weighted by Gasteiger charge is -2.16. The van der Waals surface area contributed by atoms with Crippen LogP contribution in [0.3, 0.4) is 0 Å². The highest BCUT2D eigenvalue weighted by molar-refractivity contribution is 9.10. The van der Waals surface area contributed by atoms with E-state index in [-0.39, 0.29) is 6.10 Å². The van der Waals surface area contributed by atoms with Crippen LogP contribution in [0.1, 0.15) is 43.8 Å². The van der Waals surface area contributed by atoms with E-state index < -0.39 is 0 Å². The van der Waals surface area contributed by atoms with E-state index in [1.807, 2.05) is 19.1 Å². The highest BCUT2D eigenvalue weighted by Crippen LogP contribution is 2.27. The molecular formula is C21H24BrN3OS. The van der Waals surface area contributed by atoms with E-state index in [0.29, 0.717) is 0 Å². The summed E-state index contributed by atoms with van der Waals surface area (Å²) in [5.41, 5.74) is 2.56. The molecule has 0 saturated heterocycles. The molecule has 2 aromatic carbocycles. The average Bonchev–Trinajstić information content (AvgIpc) is 3.11. The predicted molar refractivity (Wildman–Crippen MR) is 114 cm³/mol. The van der Waals surface area contributed by atoms with Gasteiger partial charge >= 0.3 is 0 Å². The second-order valence-corrected chi connectivity index (χ2v) is 8.12. The van der Waals surface area contributed by atoms with Gasteiger partial charge in [-0.2, -0.15) is 0 Å². The molecule has 1 heterocycles. The number of ether oxygens (including phenoxy) is 1. The smallest absolute Gasteiger partial charge is 0.191 e. The normalized spacial score (nSPS) is 12.1. The van der Waals surface area contributed by atoms with Crippen molar-refractivity contribution in [3.8, 4) is 5.75 Å². The van der Waals surface area contributed by atoms with Crippen LogP contribution in [-0.4, -0.2) is 14.8 Å². The van der Waals surface area contributed by atoms with Crippen molar-refractivity contribution in [2.24, 2.45) is 0 Å². The first kappa shape index (κ1) is 20.0. The minimum absolute atomic E-state index is 0.160. The number of hydrogen-bond acceptors (Lipinski definition) is 4. The fourth-order valence-corrected chi connectivity index (χ4v) is 4.02. The number of aryl methyl sites for hydroxylation is 1. The summed E-state index contributed by atoms with van der Waals surface area (Å²) >= 11 is 5.17. The predicted octanol–water partition coefficient (Wildman–Crippen LogP) is 6.06. The molecule has 0 spiro atoms. The fourth-order valence-electron chi connectivity index (χ4n) is 2.79. The van der Waals surface area contributed by atoms with Crippen molar-refractivity contribution >= 4 is 27.7 Å². The molecule has 0 saturated carbocycles. The third kappa shape index (κ3) is 5.14. The van der Waals surface area contributed by atoms with Gasteiger partial charge in [-0.15, -0.1) is 10.2 Å². The van der Waals surface area contributed by atoms with Crippen LogP contribution < -0.4 is 4.74 Å². The molecule has 3 rings (SSSR count). The molecule has 0 aliphatic carbocycles. The van der Waals surface area contributed by atoms with E-state index in [1.165, 1.54) is 11.1 Å². The second-order valence-electron chi connectivity index (χ2n) is 6.26. The molecule has 0 fully saturated rings. The molecule has 6 heteroatoms. The number of halogens is 1. The van der Waals surface area contributed by atoms with Gasteiger partial charge in [0.15, 0.2) is 17.1 Å². The highest BCUT2D eigenvalue weighted by Gasteiger charge is 2.18. The van der Waals surface area contributed by atoms with Crippen LogP contribution in [0.15, 0.2) is 58.2 Å². The number of benzene rings is 2. The Morgan fingerprint density at radius 2 is 1.67 bits per heavy atom. The Balaban J connectivity index is 1.69. The lowest BCUT2D eigenvalue weighted by atomic mass is 10.2. The van der Waals surface area contributed by atoms with Gasteiger partial charge in [-0.05, 0) is 55.7 Å². The van der Waals surface area contributed by atoms with Crippen LogP contribution in [0.5, 0.6) is 5.75 Å². The molecule has 0 aliphatic rings. The Kier molecular flexibility index (Phi) is 6.96. The van der Waals surface area contributed by atoms with Gasteiger partial charge in [-0.3, -0.25) is 0 Å². The molecule has 0 aliphatic heterocycles. The van der Waals surface area contributed by atoms with Gasteiger partial charge < -0.3 is 9.30 Å². The summed E-state index contributed by atoms with van der Waals surface area (Å²) in [7, 11) is 0. The van der Waals surface area contributed by atoms with Crippen molar-refractivity contribution in [1.29, 1.82) is 0 Å². The second kappa shape index (κ2) is 9.42. The van der Waals surface area contributed by atoms with E-state index in [9.17, 15) is 0 Å². The summed E-state index contributed by atoms with van der Waals surface area (Å²) in [6.45, 7) is 7.09. The van der Waals surface area contributed by atoms with E-state index in [2.05, 4.69) is 80.9 Å². The van der Waals surface area contributed by atoms with Gasteiger partial charge in [0.25, 0.3) is 0 Å². The summed E-state index contributed by atoms with van der Waals surface area (Å²) in [6.07, 6.45) is 0.867. The lowest BCUT2D eigenvalue weighted by molar-refractivity contribution is 0.210. The monoisotopic (exact) mass is 445 g/mol. The first-order valence-electron chi connectivity index (χ1n) is 9.16.